The van der Waals surface area contributed by atoms with Gasteiger partial charge in [0.25, 0.3) is 5.69 Å². The largest absolute Gasteiger partial charge is 0.496 e. The van der Waals surface area contributed by atoms with Crippen LogP contribution in [0.3, 0.4) is 0 Å². The number of nitro groups is 1. The Balaban J connectivity index is 3.05. The molecule has 0 fully saturated rings. The molecule has 0 aliphatic carbocycles. The Morgan fingerprint density at radius 1 is 1.30 bits per heavy atom. The van der Waals surface area contributed by atoms with Crippen LogP contribution in [0.25, 0.3) is 0 Å². The second kappa shape index (κ2) is 7.24. The van der Waals surface area contributed by atoms with Crippen molar-refractivity contribution in [2.75, 3.05) is 14.2 Å². The maximum absolute atomic E-state index is 11.0. The van der Waals surface area contributed by atoms with Crippen LogP contribution in [0.15, 0.2) is 18.2 Å². The molecule has 0 amide bonds. The van der Waals surface area contributed by atoms with Crippen LogP contribution in [-0.2, 0) is 6.42 Å². The predicted octanol–water partition coefficient (Wildman–Crippen LogP) is 3.03. The van der Waals surface area contributed by atoms with Gasteiger partial charge in [0, 0.05) is 12.1 Å². The molecule has 1 N–H and O–H groups in total. The average molecular weight is 280 g/mol. The topological polar surface area (TPSA) is 64.4 Å². The third-order valence-corrected chi connectivity index (χ3v) is 3.82. The second-order valence-electron chi connectivity index (χ2n) is 5.49. The molecule has 0 bridgehead atoms. The van der Waals surface area contributed by atoms with Gasteiger partial charge in [0.15, 0.2) is 0 Å². The van der Waals surface area contributed by atoms with E-state index in [-0.39, 0.29) is 10.6 Å². The Morgan fingerprint density at radius 2 is 1.95 bits per heavy atom. The van der Waals surface area contributed by atoms with Gasteiger partial charge in [-0.25, -0.2) is 0 Å². The molecule has 5 heteroatoms. The number of nitrogens with one attached hydrogen (secondary N) is 1. The molecule has 2 atom stereocenters. The molecule has 0 radical (unpaired) electrons. The number of methoxy groups -OCH3 is 1. The van der Waals surface area contributed by atoms with Crippen molar-refractivity contribution in [2.45, 2.75) is 33.2 Å². The number of rotatable bonds is 7. The highest BCUT2D eigenvalue weighted by Crippen LogP contribution is 2.27. The van der Waals surface area contributed by atoms with Gasteiger partial charge >= 0.3 is 0 Å². The Kier molecular flexibility index (Phi) is 5.95. The Bertz CT molecular complexity index is 460. The van der Waals surface area contributed by atoms with Crippen LogP contribution in [0.2, 0.25) is 0 Å². The van der Waals surface area contributed by atoms with Crippen molar-refractivity contribution in [3.63, 3.8) is 0 Å². The lowest BCUT2D eigenvalue weighted by atomic mass is 9.84. The molecule has 0 saturated carbocycles. The zero-order chi connectivity index (χ0) is 15.3. The minimum atomic E-state index is -0.377. The quantitative estimate of drug-likeness (QED) is 0.616. The van der Waals surface area contributed by atoms with Crippen LogP contribution in [0.1, 0.15) is 26.3 Å². The molecule has 1 aromatic rings. The SMILES string of the molecule is CNC(C)C(Cc1cc(OC)cc([N+](=O)[O-])c1)C(C)C. The minimum absolute atomic E-state index is 0.0824. The summed E-state index contributed by atoms with van der Waals surface area (Å²) in [5, 5.41) is 14.2. The molecular formula is C15H24N2O3. The van der Waals surface area contributed by atoms with Gasteiger partial charge in [0.1, 0.15) is 5.75 Å². The maximum Gasteiger partial charge on any atom is 0.273 e. The van der Waals surface area contributed by atoms with Crippen molar-refractivity contribution in [3.8, 4) is 5.75 Å². The van der Waals surface area contributed by atoms with Crippen molar-refractivity contribution in [2.24, 2.45) is 11.8 Å². The molecule has 0 aliphatic heterocycles. The van der Waals surface area contributed by atoms with E-state index >= 15 is 0 Å². The smallest absolute Gasteiger partial charge is 0.273 e. The summed E-state index contributed by atoms with van der Waals surface area (Å²) in [4.78, 5) is 10.6. The summed E-state index contributed by atoms with van der Waals surface area (Å²) in [6.07, 6.45) is 0.789. The second-order valence-corrected chi connectivity index (χ2v) is 5.49. The van der Waals surface area contributed by atoms with Gasteiger partial charge in [-0.1, -0.05) is 13.8 Å². The monoisotopic (exact) mass is 280 g/mol. The van der Waals surface area contributed by atoms with E-state index in [1.165, 1.54) is 13.2 Å². The minimum Gasteiger partial charge on any atom is -0.496 e. The van der Waals surface area contributed by atoms with Crippen LogP contribution in [0.5, 0.6) is 5.75 Å². The van der Waals surface area contributed by atoms with Crippen molar-refractivity contribution < 1.29 is 9.66 Å². The van der Waals surface area contributed by atoms with E-state index in [1.54, 1.807) is 6.07 Å². The first-order chi connectivity index (χ1) is 9.38. The summed E-state index contributed by atoms with van der Waals surface area (Å²) in [5.41, 5.74) is 1.02. The molecule has 0 spiro atoms. The zero-order valence-corrected chi connectivity index (χ0v) is 12.8. The Morgan fingerprint density at radius 3 is 2.40 bits per heavy atom. The van der Waals surface area contributed by atoms with Crippen LogP contribution >= 0.6 is 0 Å². The van der Waals surface area contributed by atoms with E-state index in [0.717, 1.165) is 12.0 Å². The molecule has 0 saturated heterocycles. The van der Waals surface area contributed by atoms with Gasteiger partial charge in [-0.2, -0.15) is 0 Å². The lowest BCUT2D eigenvalue weighted by Gasteiger charge is -2.27. The van der Waals surface area contributed by atoms with Gasteiger partial charge < -0.3 is 10.1 Å². The molecule has 0 aliphatic rings. The highest BCUT2D eigenvalue weighted by Gasteiger charge is 2.21. The van der Waals surface area contributed by atoms with Crippen LogP contribution in [-0.4, -0.2) is 25.1 Å². The van der Waals surface area contributed by atoms with Crippen molar-refractivity contribution in [1.82, 2.24) is 5.32 Å². The standard InChI is InChI=1S/C15H24N2O3/c1-10(2)15(11(3)16-4)8-12-6-13(17(18)19)9-14(7-12)20-5/h6-7,9-11,15-16H,8H2,1-5H3. The van der Waals surface area contributed by atoms with E-state index < -0.39 is 0 Å². The number of nitrogens with zero attached hydrogens (tertiary/aromatic N) is 1. The van der Waals surface area contributed by atoms with Gasteiger partial charge in [-0.3, -0.25) is 10.1 Å². The van der Waals surface area contributed by atoms with Gasteiger partial charge in [0.05, 0.1) is 18.1 Å². The molecule has 0 heterocycles. The summed E-state index contributed by atoms with van der Waals surface area (Å²) in [6, 6.07) is 5.32. The zero-order valence-electron chi connectivity index (χ0n) is 12.8. The lowest BCUT2D eigenvalue weighted by Crippen LogP contribution is -2.35. The summed E-state index contributed by atoms with van der Waals surface area (Å²) in [6.45, 7) is 6.49. The summed E-state index contributed by atoms with van der Waals surface area (Å²) in [5.74, 6) is 1.43. The molecule has 1 rings (SSSR count). The fourth-order valence-electron chi connectivity index (χ4n) is 2.46. The first-order valence-electron chi connectivity index (χ1n) is 6.88. The van der Waals surface area contributed by atoms with Gasteiger partial charge in [-0.05, 0) is 43.9 Å². The number of nitro benzene ring substituents is 1. The number of hydrogen-bond acceptors (Lipinski definition) is 4. The normalized spacial score (nSPS) is 14.1. The number of ether oxygens (including phenoxy) is 1. The van der Waals surface area contributed by atoms with E-state index in [4.69, 9.17) is 4.74 Å². The molecule has 5 nitrogen and oxygen atoms in total. The van der Waals surface area contributed by atoms with Gasteiger partial charge in [0.2, 0.25) is 0 Å². The van der Waals surface area contributed by atoms with Crippen LogP contribution in [0.4, 0.5) is 5.69 Å². The Labute approximate surface area is 120 Å². The fourth-order valence-corrected chi connectivity index (χ4v) is 2.46. The average Bonchev–Trinajstić information content (AvgIpc) is 2.43. The maximum atomic E-state index is 11.0. The summed E-state index contributed by atoms with van der Waals surface area (Å²) in [7, 11) is 3.47. The number of hydrogen-bond donors (Lipinski definition) is 1. The number of non-ortho nitro benzene ring substituents is 1. The van der Waals surface area contributed by atoms with Crippen LogP contribution in [0, 0.1) is 22.0 Å². The van der Waals surface area contributed by atoms with Crippen molar-refractivity contribution in [3.05, 3.63) is 33.9 Å². The third kappa shape index (κ3) is 4.20. The lowest BCUT2D eigenvalue weighted by molar-refractivity contribution is -0.385. The molecule has 20 heavy (non-hydrogen) atoms. The van der Waals surface area contributed by atoms with Gasteiger partial charge in [-0.15, -0.1) is 0 Å². The summed E-state index contributed by atoms with van der Waals surface area (Å²) < 4.78 is 5.15. The first kappa shape index (κ1) is 16.4. The highest BCUT2D eigenvalue weighted by atomic mass is 16.6. The summed E-state index contributed by atoms with van der Waals surface area (Å²) >= 11 is 0. The van der Waals surface area contributed by atoms with E-state index in [2.05, 4.69) is 26.1 Å². The first-order valence-corrected chi connectivity index (χ1v) is 6.88. The van der Waals surface area contributed by atoms with Crippen LogP contribution < -0.4 is 10.1 Å². The number of benzene rings is 1. The molecule has 2 unspecified atom stereocenters. The Hall–Kier alpha value is -1.62. The van der Waals surface area contributed by atoms with E-state index in [1.807, 2.05) is 13.1 Å². The third-order valence-electron chi connectivity index (χ3n) is 3.82. The molecular weight excluding hydrogens is 256 g/mol. The van der Waals surface area contributed by atoms with E-state index in [9.17, 15) is 10.1 Å². The van der Waals surface area contributed by atoms with Crippen molar-refractivity contribution in [1.29, 1.82) is 0 Å². The fraction of sp³-hybridized carbons (Fsp3) is 0.600. The predicted molar refractivity (Wildman–Crippen MR) is 80.2 cm³/mol. The molecule has 112 valence electrons. The van der Waals surface area contributed by atoms with Crippen molar-refractivity contribution >= 4 is 5.69 Å². The molecule has 0 aromatic heterocycles. The van der Waals surface area contributed by atoms with E-state index in [0.29, 0.717) is 23.6 Å². The highest BCUT2D eigenvalue weighted by molar-refractivity contribution is 5.43. The molecule has 1 aromatic carbocycles.